The fourth-order valence-electron chi connectivity index (χ4n) is 3.19. The van der Waals surface area contributed by atoms with E-state index >= 15 is 0 Å². The number of rotatable bonds is 4. The van der Waals surface area contributed by atoms with Gasteiger partial charge in [0.05, 0.1) is 11.3 Å². The van der Waals surface area contributed by atoms with Crippen LogP contribution in [0.4, 0.5) is 24.5 Å². The molecule has 0 aromatic heterocycles. The highest BCUT2D eigenvalue weighted by Crippen LogP contribution is 2.32. The lowest BCUT2D eigenvalue weighted by atomic mass is 10.1. The van der Waals surface area contributed by atoms with Crippen LogP contribution in [0.25, 0.3) is 0 Å². The fraction of sp³-hybridized carbons (Fsp3) is 0.316. The van der Waals surface area contributed by atoms with Crippen LogP contribution in [0.15, 0.2) is 42.5 Å². The Morgan fingerprint density at radius 1 is 1.07 bits per heavy atom. The van der Waals surface area contributed by atoms with Crippen LogP contribution in [0.2, 0.25) is 5.02 Å². The lowest BCUT2D eigenvalue weighted by Crippen LogP contribution is -2.54. The van der Waals surface area contributed by atoms with Crippen LogP contribution in [0.5, 0.6) is 0 Å². The van der Waals surface area contributed by atoms with E-state index in [0.717, 1.165) is 23.4 Å². The van der Waals surface area contributed by atoms with Gasteiger partial charge in [-0.1, -0.05) is 23.7 Å². The zero-order chi connectivity index (χ0) is 19.6. The average molecular weight is 398 g/mol. The highest BCUT2D eigenvalue weighted by atomic mass is 35.5. The number of piperazine rings is 1. The highest BCUT2D eigenvalue weighted by Gasteiger charge is 2.31. The molecule has 1 fully saturated rings. The summed E-state index contributed by atoms with van der Waals surface area (Å²) < 4.78 is 38.8. The number of hydrogen-bond acceptors (Lipinski definition) is 3. The summed E-state index contributed by atoms with van der Waals surface area (Å²) in [5, 5.41) is 3.65. The normalized spacial score (nSPS) is 15.7. The molecule has 27 heavy (non-hydrogen) atoms. The average Bonchev–Trinajstić information content (AvgIpc) is 2.65. The fourth-order valence-corrected chi connectivity index (χ4v) is 3.36. The zero-order valence-electron chi connectivity index (χ0n) is 14.7. The molecule has 0 spiro atoms. The first kappa shape index (κ1) is 19.5. The molecular formula is C19H19ClF3N3O. The van der Waals surface area contributed by atoms with Crippen molar-refractivity contribution in [2.45, 2.75) is 13.1 Å². The molecule has 4 nitrogen and oxygen atoms in total. The smallest absolute Gasteiger partial charge is 0.369 e. The topological polar surface area (TPSA) is 26.8 Å². The maximum absolute atomic E-state index is 12.9. The number of carbonyl (C=O) groups excluding carboxylic acids is 1. The summed E-state index contributed by atoms with van der Waals surface area (Å²) in [6.07, 6.45) is -3.90. The molecule has 0 N–H and O–H groups in total. The standard InChI is InChI=1S/C19H19ClF3N3O/c1-14-5-6-16(20)12-18(14)24-7-9-25(10-8-24)26(13-27)17-4-2-3-15(11-17)19(21,22)23/h2-6,11-13H,7-10H2,1H3. The molecule has 0 aliphatic carbocycles. The van der Waals surface area contributed by atoms with Gasteiger partial charge < -0.3 is 4.90 Å². The second-order valence-corrected chi connectivity index (χ2v) is 6.81. The van der Waals surface area contributed by atoms with Gasteiger partial charge in [0.2, 0.25) is 6.41 Å². The van der Waals surface area contributed by atoms with Crippen molar-refractivity contribution in [1.82, 2.24) is 5.01 Å². The summed E-state index contributed by atoms with van der Waals surface area (Å²) in [5.74, 6) is 0. The molecule has 2 aromatic carbocycles. The minimum atomic E-state index is -4.45. The van der Waals surface area contributed by atoms with Crippen LogP contribution >= 0.6 is 11.6 Å². The van der Waals surface area contributed by atoms with Gasteiger partial charge in [0, 0.05) is 36.9 Å². The van der Waals surface area contributed by atoms with Crippen molar-refractivity contribution in [3.05, 3.63) is 58.6 Å². The van der Waals surface area contributed by atoms with Crippen LogP contribution in [0.1, 0.15) is 11.1 Å². The first-order valence-electron chi connectivity index (χ1n) is 8.47. The quantitative estimate of drug-likeness (QED) is 0.717. The number of nitrogens with zero attached hydrogens (tertiary/aromatic N) is 3. The third-order valence-electron chi connectivity index (χ3n) is 4.61. The van der Waals surface area contributed by atoms with E-state index in [2.05, 4.69) is 4.90 Å². The van der Waals surface area contributed by atoms with Crippen molar-refractivity contribution in [3.63, 3.8) is 0 Å². The van der Waals surface area contributed by atoms with Crippen molar-refractivity contribution in [1.29, 1.82) is 0 Å². The molecule has 0 radical (unpaired) electrons. The van der Waals surface area contributed by atoms with Crippen LogP contribution < -0.4 is 9.91 Å². The zero-order valence-corrected chi connectivity index (χ0v) is 15.5. The van der Waals surface area contributed by atoms with Crippen molar-refractivity contribution in [2.75, 3.05) is 36.1 Å². The summed E-state index contributed by atoms with van der Waals surface area (Å²) in [7, 11) is 0. The molecule has 0 atom stereocenters. The first-order valence-corrected chi connectivity index (χ1v) is 8.85. The number of amides is 1. The van der Waals surface area contributed by atoms with E-state index in [-0.39, 0.29) is 5.69 Å². The Kier molecular flexibility index (Phi) is 5.62. The van der Waals surface area contributed by atoms with E-state index in [4.69, 9.17) is 11.6 Å². The molecule has 0 saturated carbocycles. The van der Waals surface area contributed by atoms with Gasteiger partial charge in [-0.25, -0.2) is 10.0 Å². The third-order valence-corrected chi connectivity index (χ3v) is 4.85. The van der Waals surface area contributed by atoms with E-state index in [9.17, 15) is 18.0 Å². The summed E-state index contributed by atoms with van der Waals surface area (Å²) in [5.41, 5.74) is 1.55. The molecule has 1 aliphatic heterocycles. The van der Waals surface area contributed by atoms with Gasteiger partial charge in [-0.05, 0) is 42.8 Å². The van der Waals surface area contributed by atoms with E-state index in [1.54, 1.807) is 5.01 Å². The molecule has 1 saturated heterocycles. The molecule has 144 valence electrons. The Morgan fingerprint density at radius 3 is 2.41 bits per heavy atom. The van der Waals surface area contributed by atoms with Gasteiger partial charge in [-0.2, -0.15) is 13.2 Å². The molecule has 8 heteroatoms. The van der Waals surface area contributed by atoms with Crippen molar-refractivity contribution in [2.24, 2.45) is 0 Å². The van der Waals surface area contributed by atoms with Gasteiger partial charge in [0.25, 0.3) is 0 Å². The van der Waals surface area contributed by atoms with E-state index in [1.165, 1.54) is 17.1 Å². The van der Waals surface area contributed by atoms with Crippen molar-refractivity contribution >= 4 is 29.4 Å². The number of anilines is 2. The maximum atomic E-state index is 12.9. The number of aryl methyl sites for hydroxylation is 1. The lowest BCUT2D eigenvalue weighted by Gasteiger charge is -2.40. The van der Waals surface area contributed by atoms with E-state index in [1.807, 2.05) is 25.1 Å². The predicted molar refractivity (Wildman–Crippen MR) is 100.0 cm³/mol. The second kappa shape index (κ2) is 7.78. The lowest BCUT2D eigenvalue weighted by molar-refractivity contribution is -0.137. The summed E-state index contributed by atoms with van der Waals surface area (Å²) in [6, 6.07) is 10.5. The Balaban J connectivity index is 1.74. The van der Waals surface area contributed by atoms with E-state index < -0.39 is 11.7 Å². The van der Waals surface area contributed by atoms with Crippen LogP contribution in [-0.4, -0.2) is 37.6 Å². The minimum Gasteiger partial charge on any atom is -0.369 e. The summed E-state index contributed by atoms with van der Waals surface area (Å²) >= 11 is 6.09. The maximum Gasteiger partial charge on any atom is 0.416 e. The molecule has 1 amide bonds. The SMILES string of the molecule is Cc1ccc(Cl)cc1N1CCN(N(C=O)c2cccc(C(F)(F)F)c2)CC1. The highest BCUT2D eigenvalue weighted by molar-refractivity contribution is 6.30. The number of hydrazine groups is 1. The first-order chi connectivity index (χ1) is 12.8. The largest absolute Gasteiger partial charge is 0.416 e. The monoisotopic (exact) mass is 397 g/mol. The van der Waals surface area contributed by atoms with Crippen LogP contribution in [-0.2, 0) is 11.0 Å². The summed E-state index contributed by atoms with van der Waals surface area (Å²) in [6.45, 7) is 4.26. The van der Waals surface area contributed by atoms with Crippen molar-refractivity contribution in [3.8, 4) is 0 Å². The third kappa shape index (κ3) is 4.36. The molecular weight excluding hydrogens is 379 g/mol. The molecule has 2 aromatic rings. The number of halogens is 4. The predicted octanol–water partition coefficient (Wildman–Crippen LogP) is 4.37. The van der Waals surface area contributed by atoms with Gasteiger partial charge in [-0.3, -0.25) is 4.79 Å². The number of hydrogen-bond donors (Lipinski definition) is 0. The van der Waals surface area contributed by atoms with Gasteiger partial charge >= 0.3 is 6.18 Å². The van der Waals surface area contributed by atoms with Crippen LogP contribution in [0.3, 0.4) is 0 Å². The molecule has 3 rings (SSSR count). The van der Waals surface area contributed by atoms with Crippen LogP contribution in [0, 0.1) is 6.92 Å². The molecule has 1 aliphatic rings. The Hall–Kier alpha value is -2.25. The van der Waals surface area contributed by atoms with E-state index in [0.29, 0.717) is 37.6 Å². The molecule has 0 bridgehead atoms. The molecule has 1 heterocycles. The van der Waals surface area contributed by atoms with Gasteiger partial charge in [0.15, 0.2) is 0 Å². The Morgan fingerprint density at radius 2 is 1.78 bits per heavy atom. The molecule has 0 unspecified atom stereocenters. The second-order valence-electron chi connectivity index (χ2n) is 6.37. The Bertz CT molecular complexity index is 820. The van der Waals surface area contributed by atoms with Crippen molar-refractivity contribution < 1.29 is 18.0 Å². The van der Waals surface area contributed by atoms with Gasteiger partial charge in [0.1, 0.15) is 0 Å². The summed E-state index contributed by atoms with van der Waals surface area (Å²) in [4.78, 5) is 13.7. The number of alkyl halides is 3. The minimum absolute atomic E-state index is 0.201. The van der Waals surface area contributed by atoms with Gasteiger partial charge in [-0.15, -0.1) is 0 Å². The number of carbonyl (C=O) groups is 1. The number of benzene rings is 2. The Labute approximate surface area is 160 Å².